The van der Waals surface area contributed by atoms with E-state index in [1.165, 1.54) is 6.07 Å². The van der Waals surface area contributed by atoms with E-state index in [1.54, 1.807) is 12.1 Å². The van der Waals surface area contributed by atoms with Gasteiger partial charge in [0.2, 0.25) is 0 Å². The van der Waals surface area contributed by atoms with Gasteiger partial charge in [0.1, 0.15) is 0 Å². The molecule has 0 aliphatic carbocycles. The van der Waals surface area contributed by atoms with Crippen molar-refractivity contribution >= 4 is 17.1 Å². The molecule has 0 saturated carbocycles. The third-order valence-corrected chi connectivity index (χ3v) is 3.39. The Morgan fingerprint density at radius 1 is 1.44 bits per heavy atom. The van der Waals surface area contributed by atoms with E-state index < -0.39 is 4.92 Å². The number of hydrogen-bond acceptors (Lipinski definition) is 5. The van der Waals surface area contributed by atoms with Crippen molar-refractivity contribution in [2.75, 3.05) is 37.8 Å². The lowest BCUT2D eigenvalue weighted by molar-refractivity contribution is -0.384. The highest BCUT2D eigenvalue weighted by Gasteiger charge is 2.25. The van der Waals surface area contributed by atoms with Crippen LogP contribution in [0.4, 0.5) is 17.1 Å². The molecule has 1 heterocycles. The molecule has 6 nitrogen and oxygen atoms in total. The fraction of sp³-hybridized carbons (Fsp3) is 0.500. The Kier molecular flexibility index (Phi) is 3.38. The molecule has 1 aliphatic heterocycles. The topological polar surface area (TPSA) is 75.6 Å². The monoisotopic (exact) mass is 250 g/mol. The van der Waals surface area contributed by atoms with Gasteiger partial charge in [0.25, 0.3) is 5.69 Å². The van der Waals surface area contributed by atoms with E-state index in [4.69, 9.17) is 5.73 Å². The fourth-order valence-corrected chi connectivity index (χ4v) is 2.30. The minimum Gasteiger partial charge on any atom is -0.398 e. The largest absolute Gasteiger partial charge is 0.398 e. The Hall–Kier alpha value is -1.82. The second kappa shape index (κ2) is 4.81. The smallest absolute Gasteiger partial charge is 0.273 e. The first-order chi connectivity index (χ1) is 8.47. The molecular formula is C12H18N4O2. The van der Waals surface area contributed by atoms with Crippen LogP contribution in [-0.2, 0) is 0 Å². The van der Waals surface area contributed by atoms with Gasteiger partial charge >= 0.3 is 0 Å². The van der Waals surface area contributed by atoms with Crippen LogP contribution in [0.2, 0.25) is 0 Å². The molecule has 0 radical (unpaired) electrons. The Morgan fingerprint density at radius 2 is 2.17 bits per heavy atom. The van der Waals surface area contributed by atoms with Crippen molar-refractivity contribution in [2.24, 2.45) is 0 Å². The van der Waals surface area contributed by atoms with Crippen molar-refractivity contribution in [3.63, 3.8) is 0 Å². The van der Waals surface area contributed by atoms with Crippen LogP contribution in [0.5, 0.6) is 0 Å². The lowest BCUT2D eigenvalue weighted by atomic mass is 10.2. The molecule has 1 saturated heterocycles. The summed E-state index contributed by atoms with van der Waals surface area (Å²) in [5.74, 6) is 0. The van der Waals surface area contributed by atoms with Crippen LogP contribution in [0.15, 0.2) is 18.2 Å². The second-order valence-electron chi connectivity index (χ2n) is 4.89. The summed E-state index contributed by atoms with van der Waals surface area (Å²) in [5, 5.41) is 10.8. The summed E-state index contributed by atoms with van der Waals surface area (Å²) in [5.41, 5.74) is 7.05. The van der Waals surface area contributed by atoms with E-state index in [1.807, 2.05) is 0 Å². The van der Waals surface area contributed by atoms with E-state index in [0.29, 0.717) is 11.7 Å². The fourth-order valence-electron chi connectivity index (χ4n) is 2.30. The number of nitrogens with zero attached hydrogens (tertiary/aromatic N) is 3. The number of rotatable bonds is 3. The van der Waals surface area contributed by atoms with Crippen LogP contribution in [0, 0.1) is 10.1 Å². The van der Waals surface area contributed by atoms with Crippen LogP contribution < -0.4 is 10.6 Å². The van der Waals surface area contributed by atoms with E-state index in [2.05, 4.69) is 23.9 Å². The average molecular weight is 250 g/mol. The first-order valence-corrected chi connectivity index (χ1v) is 5.93. The van der Waals surface area contributed by atoms with Gasteiger partial charge in [0, 0.05) is 42.6 Å². The molecule has 0 amide bonds. The quantitative estimate of drug-likeness (QED) is 0.497. The Labute approximate surface area is 106 Å². The molecule has 1 aliphatic rings. The predicted octanol–water partition coefficient (Wildman–Crippen LogP) is 1.32. The number of benzene rings is 1. The summed E-state index contributed by atoms with van der Waals surface area (Å²) >= 11 is 0. The summed E-state index contributed by atoms with van der Waals surface area (Å²) in [4.78, 5) is 14.7. The number of anilines is 2. The van der Waals surface area contributed by atoms with Crippen LogP contribution in [-0.4, -0.2) is 43.0 Å². The molecule has 1 aromatic carbocycles. The number of likely N-dealkylation sites (N-methyl/N-ethyl adjacent to an activating group) is 1. The molecule has 18 heavy (non-hydrogen) atoms. The molecule has 6 heteroatoms. The van der Waals surface area contributed by atoms with Gasteiger partial charge in [-0.3, -0.25) is 10.1 Å². The molecule has 2 rings (SSSR count). The lowest BCUT2D eigenvalue weighted by Gasteiger charge is -2.21. The SMILES string of the molecule is CN(C)C1CCN(c2cc(N)cc([N+](=O)[O-])c2)C1. The Bertz CT molecular complexity index is 461. The van der Waals surface area contributed by atoms with Gasteiger partial charge in [-0.05, 0) is 26.6 Å². The maximum Gasteiger partial charge on any atom is 0.273 e. The van der Waals surface area contributed by atoms with Crippen molar-refractivity contribution in [3.8, 4) is 0 Å². The van der Waals surface area contributed by atoms with Crippen molar-refractivity contribution in [3.05, 3.63) is 28.3 Å². The molecule has 0 spiro atoms. The third kappa shape index (κ3) is 2.53. The zero-order chi connectivity index (χ0) is 13.3. The van der Waals surface area contributed by atoms with Crippen molar-refractivity contribution < 1.29 is 4.92 Å². The van der Waals surface area contributed by atoms with E-state index in [9.17, 15) is 10.1 Å². The third-order valence-electron chi connectivity index (χ3n) is 3.39. The molecule has 1 unspecified atom stereocenters. The van der Waals surface area contributed by atoms with E-state index >= 15 is 0 Å². The maximum absolute atomic E-state index is 10.8. The lowest BCUT2D eigenvalue weighted by Crippen LogP contribution is -2.31. The predicted molar refractivity (Wildman–Crippen MR) is 71.8 cm³/mol. The summed E-state index contributed by atoms with van der Waals surface area (Å²) in [6.45, 7) is 1.79. The van der Waals surface area contributed by atoms with Crippen LogP contribution in [0.3, 0.4) is 0 Å². The number of nitrogen functional groups attached to an aromatic ring is 1. The van der Waals surface area contributed by atoms with E-state index in [0.717, 1.165) is 25.2 Å². The summed E-state index contributed by atoms with van der Waals surface area (Å²) < 4.78 is 0. The standard InChI is InChI=1S/C12H18N4O2/c1-14(2)10-3-4-15(8-10)11-5-9(13)6-12(7-11)16(17)18/h5-7,10H,3-4,8,13H2,1-2H3. The number of non-ortho nitro benzene ring substituents is 1. The van der Waals surface area contributed by atoms with Crippen LogP contribution in [0.1, 0.15) is 6.42 Å². The minimum absolute atomic E-state index is 0.0540. The first-order valence-electron chi connectivity index (χ1n) is 5.93. The molecule has 2 N–H and O–H groups in total. The van der Waals surface area contributed by atoms with Gasteiger partial charge < -0.3 is 15.5 Å². The van der Waals surface area contributed by atoms with Gasteiger partial charge in [0.15, 0.2) is 0 Å². The highest BCUT2D eigenvalue weighted by Crippen LogP contribution is 2.28. The highest BCUT2D eigenvalue weighted by molar-refractivity contribution is 5.63. The molecule has 1 fully saturated rings. The number of nitro groups is 1. The maximum atomic E-state index is 10.8. The van der Waals surface area contributed by atoms with Crippen molar-refractivity contribution in [1.82, 2.24) is 4.90 Å². The Balaban J connectivity index is 2.21. The van der Waals surface area contributed by atoms with Gasteiger partial charge in [-0.1, -0.05) is 0 Å². The van der Waals surface area contributed by atoms with Crippen LogP contribution in [0.25, 0.3) is 0 Å². The van der Waals surface area contributed by atoms with E-state index in [-0.39, 0.29) is 5.69 Å². The minimum atomic E-state index is -0.403. The zero-order valence-corrected chi connectivity index (χ0v) is 10.7. The summed E-state index contributed by atoms with van der Waals surface area (Å²) in [7, 11) is 4.10. The van der Waals surface area contributed by atoms with Gasteiger partial charge in [-0.2, -0.15) is 0 Å². The molecule has 0 aromatic heterocycles. The highest BCUT2D eigenvalue weighted by atomic mass is 16.6. The molecular weight excluding hydrogens is 232 g/mol. The van der Waals surface area contributed by atoms with Gasteiger partial charge in [-0.15, -0.1) is 0 Å². The molecule has 1 atom stereocenters. The van der Waals surface area contributed by atoms with Gasteiger partial charge in [0.05, 0.1) is 4.92 Å². The normalized spacial score (nSPS) is 19.5. The molecule has 0 bridgehead atoms. The second-order valence-corrected chi connectivity index (χ2v) is 4.89. The number of hydrogen-bond donors (Lipinski definition) is 1. The zero-order valence-electron chi connectivity index (χ0n) is 10.7. The summed E-state index contributed by atoms with van der Waals surface area (Å²) in [6.07, 6.45) is 1.07. The molecule has 98 valence electrons. The van der Waals surface area contributed by atoms with Crippen molar-refractivity contribution in [2.45, 2.75) is 12.5 Å². The molecule has 1 aromatic rings. The Morgan fingerprint density at radius 3 is 2.72 bits per heavy atom. The number of nitro benzene ring substituents is 1. The van der Waals surface area contributed by atoms with Crippen molar-refractivity contribution in [1.29, 1.82) is 0 Å². The average Bonchev–Trinajstić information content (AvgIpc) is 2.77. The van der Waals surface area contributed by atoms with Crippen LogP contribution >= 0.6 is 0 Å². The first kappa shape index (κ1) is 12.6. The van der Waals surface area contributed by atoms with Gasteiger partial charge in [-0.25, -0.2) is 0 Å². The number of nitrogens with two attached hydrogens (primary N) is 1. The summed E-state index contributed by atoms with van der Waals surface area (Å²) in [6, 6.07) is 5.27.